The summed E-state index contributed by atoms with van der Waals surface area (Å²) in [5, 5.41) is 0.774. The molecule has 0 radical (unpaired) electrons. The first-order chi connectivity index (χ1) is 8.74. The van der Waals surface area contributed by atoms with Gasteiger partial charge >= 0.3 is 0 Å². The first kappa shape index (κ1) is 10.7. The quantitative estimate of drug-likeness (QED) is 0.703. The van der Waals surface area contributed by atoms with Crippen LogP contribution in [0.3, 0.4) is 0 Å². The normalized spacial score (nSPS) is 10.7. The minimum absolute atomic E-state index is 0.306. The second kappa shape index (κ2) is 4.11. The standard InChI is InChI=1S/C15H11FN2/c16-11-6-7-12-13(17)9-14(18-15(12)8-11)10-4-2-1-3-5-10/h1-9H,(H2,17,18). The molecule has 2 nitrogen and oxygen atoms in total. The van der Waals surface area contributed by atoms with E-state index >= 15 is 0 Å². The van der Waals surface area contributed by atoms with E-state index in [0.29, 0.717) is 11.2 Å². The number of halogens is 1. The molecule has 2 aromatic carbocycles. The highest BCUT2D eigenvalue weighted by atomic mass is 19.1. The van der Waals surface area contributed by atoms with E-state index in [1.54, 1.807) is 6.07 Å². The lowest BCUT2D eigenvalue weighted by Crippen LogP contribution is -1.93. The molecular weight excluding hydrogens is 227 g/mol. The summed E-state index contributed by atoms with van der Waals surface area (Å²) in [5.41, 5.74) is 8.89. The number of benzene rings is 2. The Balaban J connectivity index is 2.27. The molecular formula is C15H11FN2. The lowest BCUT2D eigenvalue weighted by molar-refractivity contribution is 0.629. The molecule has 0 fully saturated rings. The van der Waals surface area contributed by atoms with E-state index in [9.17, 15) is 4.39 Å². The Morgan fingerprint density at radius 2 is 1.72 bits per heavy atom. The summed E-state index contributed by atoms with van der Waals surface area (Å²) >= 11 is 0. The second-order valence-corrected chi connectivity index (χ2v) is 4.12. The van der Waals surface area contributed by atoms with Gasteiger partial charge in [0, 0.05) is 22.7 Å². The van der Waals surface area contributed by atoms with E-state index in [0.717, 1.165) is 16.6 Å². The predicted octanol–water partition coefficient (Wildman–Crippen LogP) is 3.62. The van der Waals surface area contributed by atoms with Crippen molar-refractivity contribution in [2.24, 2.45) is 0 Å². The molecule has 0 amide bonds. The Kier molecular flexibility index (Phi) is 2.45. The molecule has 3 heteroatoms. The third kappa shape index (κ3) is 1.80. The van der Waals surface area contributed by atoms with Crippen LogP contribution in [-0.2, 0) is 0 Å². The van der Waals surface area contributed by atoms with E-state index in [-0.39, 0.29) is 5.82 Å². The van der Waals surface area contributed by atoms with Crippen LogP contribution < -0.4 is 5.73 Å². The maximum atomic E-state index is 13.2. The van der Waals surface area contributed by atoms with Crippen molar-refractivity contribution >= 4 is 16.6 Å². The van der Waals surface area contributed by atoms with Gasteiger partial charge in [0.1, 0.15) is 5.82 Å². The molecule has 0 spiro atoms. The summed E-state index contributed by atoms with van der Waals surface area (Å²) in [6.45, 7) is 0. The molecule has 1 aromatic heterocycles. The molecule has 3 rings (SSSR count). The summed E-state index contributed by atoms with van der Waals surface area (Å²) in [6, 6.07) is 16.0. The fourth-order valence-corrected chi connectivity index (χ4v) is 1.99. The van der Waals surface area contributed by atoms with Crippen LogP contribution in [0.4, 0.5) is 10.1 Å². The molecule has 3 aromatic rings. The van der Waals surface area contributed by atoms with Crippen LogP contribution in [0.2, 0.25) is 0 Å². The zero-order chi connectivity index (χ0) is 12.5. The van der Waals surface area contributed by atoms with Crippen LogP contribution in [0.15, 0.2) is 54.6 Å². The zero-order valence-electron chi connectivity index (χ0n) is 9.60. The summed E-state index contributed by atoms with van der Waals surface area (Å²) in [6.07, 6.45) is 0. The average Bonchev–Trinajstić information content (AvgIpc) is 2.39. The number of aromatic nitrogens is 1. The lowest BCUT2D eigenvalue weighted by Gasteiger charge is -2.06. The number of nitrogens with zero attached hydrogens (tertiary/aromatic N) is 1. The zero-order valence-corrected chi connectivity index (χ0v) is 9.60. The van der Waals surface area contributed by atoms with Gasteiger partial charge in [-0.3, -0.25) is 0 Å². The molecule has 0 aliphatic rings. The van der Waals surface area contributed by atoms with Crippen molar-refractivity contribution in [1.29, 1.82) is 0 Å². The lowest BCUT2D eigenvalue weighted by atomic mass is 10.1. The topological polar surface area (TPSA) is 38.9 Å². The van der Waals surface area contributed by atoms with Crippen LogP contribution in [-0.4, -0.2) is 4.98 Å². The number of hydrogen-bond acceptors (Lipinski definition) is 2. The van der Waals surface area contributed by atoms with Crippen LogP contribution in [0.25, 0.3) is 22.2 Å². The maximum absolute atomic E-state index is 13.2. The average molecular weight is 238 g/mol. The van der Waals surface area contributed by atoms with Gasteiger partial charge in [-0.2, -0.15) is 0 Å². The Morgan fingerprint density at radius 3 is 2.50 bits per heavy atom. The van der Waals surface area contributed by atoms with Crippen LogP contribution in [0, 0.1) is 5.82 Å². The van der Waals surface area contributed by atoms with Gasteiger partial charge in [-0.05, 0) is 18.2 Å². The number of anilines is 1. The van der Waals surface area contributed by atoms with Crippen LogP contribution in [0.1, 0.15) is 0 Å². The smallest absolute Gasteiger partial charge is 0.125 e. The first-order valence-corrected chi connectivity index (χ1v) is 5.65. The van der Waals surface area contributed by atoms with Crippen molar-refractivity contribution in [3.05, 3.63) is 60.4 Å². The fraction of sp³-hybridized carbons (Fsp3) is 0. The fourth-order valence-electron chi connectivity index (χ4n) is 1.99. The van der Waals surface area contributed by atoms with Gasteiger partial charge < -0.3 is 5.73 Å². The number of hydrogen-bond donors (Lipinski definition) is 1. The van der Waals surface area contributed by atoms with Crippen molar-refractivity contribution < 1.29 is 4.39 Å². The molecule has 0 unspecified atom stereocenters. The van der Waals surface area contributed by atoms with Gasteiger partial charge in [0.2, 0.25) is 0 Å². The van der Waals surface area contributed by atoms with Crippen molar-refractivity contribution in [1.82, 2.24) is 4.98 Å². The molecule has 88 valence electrons. The van der Waals surface area contributed by atoms with Gasteiger partial charge in [-0.25, -0.2) is 9.37 Å². The van der Waals surface area contributed by atoms with E-state index in [1.165, 1.54) is 12.1 Å². The Morgan fingerprint density at radius 1 is 0.944 bits per heavy atom. The Hall–Kier alpha value is -2.42. The minimum atomic E-state index is -0.306. The summed E-state index contributed by atoms with van der Waals surface area (Å²) in [7, 11) is 0. The van der Waals surface area contributed by atoms with Gasteiger partial charge in [-0.15, -0.1) is 0 Å². The molecule has 0 bridgehead atoms. The molecule has 1 heterocycles. The monoisotopic (exact) mass is 238 g/mol. The van der Waals surface area contributed by atoms with Gasteiger partial charge in [0.05, 0.1) is 11.2 Å². The molecule has 18 heavy (non-hydrogen) atoms. The molecule has 0 aliphatic heterocycles. The van der Waals surface area contributed by atoms with Crippen molar-refractivity contribution in [2.75, 3.05) is 5.73 Å². The number of nitrogen functional groups attached to an aromatic ring is 1. The predicted molar refractivity (Wildman–Crippen MR) is 71.5 cm³/mol. The molecule has 0 atom stereocenters. The highest BCUT2D eigenvalue weighted by Crippen LogP contribution is 2.26. The van der Waals surface area contributed by atoms with Crippen molar-refractivity contribution in [3.8, 4) is 11.3 Å². The van der Waals surface area contributed by atoms with E-state index < -0.39 is 0 Å². The number of pyridine rings is 1. The number of fused-ring (bicyclic) bond motifs is 1. The van der Waals surface area contributed by atoms with E-state index in [2.05, 4.69) is 4.98 Å². The van der Waals surface area contributed by atoms with Crippen molar-refractivity contribution in [3.63, 3.8) is 0 Å². The summed E-state index contributed by atoms with van der Waals surface area (Å²) in [5.74, 6) is -0.306. The maximum Gasteiger partial charge on any atom is 0.125 e. The molecule has 2 N–H and O–H groups in total. The Labute approximate surface area is 104 Å². The Bertz CT molecular complexity index is 708. The van der Waals surface area contributed by atoms with Crippen LogP contribution in [0.5, 0.6) is 0 Å². The van der Waals surface area contributed by atoms with Gasteiger partial charge in [-0.1, -0.05) is 30.3 Å². The highest BCUT2D eigenvalue weighted by Gasteiger charge is 2.06. The number of nitrogens with two attached hydrogens (primary N) is 1. The third-order valence-electron chi connectivity index (χ3n) is 2.87. The minimum Gasteiger partial charge on any atom is -0.398 e. The van der Waals surface area contributed by atoms with E-state index in [4.69, 9.17) is 5.73 Å². The molecule has 0 aliphatic carbocycles. The largest absolute Gasteiger partial charge is 0.398 e. The highest BCUT2D eigenvalue weighted by molar-refractivity contribution is 5.92. The summed E-state index contributed by atoms with van der Waals surface area (Å²) in [4.78, 5) is 4.45. The van der Waals surface area contributed by atoms with Crippen molar-refractivity contribution in [2.45, 2.75) is 0 Å². The van der Waals surface area contributed by atoms with E-state index in [1.807, 2.05) is 36.4 Å². The van der Waals surface area contributed by atoms with Crippen LogP contribution >= 0.6 is 0 Å². The van der Waals surface area contributed by atoms with Gasteiger partial charge in [0.15, 0.2) is 0 Å². The third-order valence-corrected chi connectivity index (χ3v) is 2.87. The number of rotatable bonds is 1. The molecule has 0 saturated heterocycles. The molecule has 0 saturated carbocycles. The first-order valence-electron chi connectivity index (χ1n) is 5.65. The SMILES string of the molecule is Nc1cc(-c2ccccc2)nc2cc(F)ccc12. The van der Waals surface area contributed by atoms with Gasteiger partial charge in [0.25, 0.3) is 0 Å². The summed E-state index contributed by atoms with van der Waals surface area (Å²) < 4.78 is 13.2. The second-order valence-electron chi connectivity index (χ2n) is 4.12.